The van der Waals surface area contributed by atoms with Gasteiger partial charge in [-0.3, -0.25) is 9.59 Å². The van der Waals surface area contributed by atoms with Gasteiger partial charge < -0.3 is 10.6 Å². The second kappa shape index (κ2) is 8.80. The lowest BCUT2D eigenvalue weighted by molar-refractivity contribution is -0.119. The van der Waals surface area contributed by atoms with Crippen molar-refractivity contribution in [3.05, 3.63) is 64.5 Å². The molecule has 0 aliphatic carbocycles. The number of carbonyl (C=O) groups excluding carboxylic acids is 2. The Morgan fingerprint density at radius 1 is 1.04 bits per heavy atom. The molecule has 0 radical (unpaired) electrons. The minimum atomic E-state index is -0.0815. The molecular formula is C22H23N3O2S. The molecule has 0 fully saturated rings. The van der Waals surface area contributed by atoms with Crippen LogP contribution in [0.2, 0.25) is 0 Å². The van der Waals surface area contributed by atoms with Crippen LogP contribution in [0.25, 0.3) is 11.3 Å². The average Bonchev–Trinajstić information content (AvgIpc) is 3.12. The van der Waals surface area contributed by atoms with Crippen LogP contribution in [-0.2, 0) is 16.0 Å². The number of hydrogen-bond donors (Lipinski definition) is 2. The third-order valence-electron chi connectivity index (χ3n) is 4.26. The normalized spacial score (nSPS) is 10.7. The summed E-state index contributed by atoms with van der Waals surface area (Å²) in [6.45, 7) is 5.68. The van der Waals surface area contributed by atoms with Crippen LogP contribution >= 0.6 is 11.3 Å². The number of nitrogens with zero attached hydrogens (tertiary/aromatic N) is 1. The summed E-state index contributed by atoms with van der Waals surface area (Å²) in [5.74, 6) is -0.156. The van der Waals surface area contributed by atoms with E-state index in [2.05, 4.69) is 15.6 Å². The van der Waals surface area contributed by atoms with Gasteiger partial charge in [0, 0.05) is 28.2 Å². The number of anilines is 2. The summed E-state index contributed by atoms with van der Waals surface area (Å²) in [7, 11) is 0. The van der Waals surface area contributed by atoms with Crippen LogP contribution < -0.4 is 10.6 Å². The number of para-hydroxylation sites is 1. The molecule has 1 aromatic heterocycles. The van der Waals surface area contributed by atoms with Crippen molar-refractivity contribution < 1.29 is 9.59 Å². The van der Waals surface area contributed by atoms with Crippen LogP contribution in [0.4, 0.5) is 11.4 Å². The van der Waals surface area contributed by atoms with Gasteiger partial charge in [-0.05, 0) is 30.7 Å². The molecular weight excluding hydrogens is 370 g/mol. The summed E-state index contributed by atoms with van der Waals surface area (Å²) in [6, 6.07) is 15.3. The number of nitrogens with one attached hydrogen (secondary N) is 2. The van der Waals surface area contributed by atoms with Gasteiger partial charge >= 0.3 is 0 Å². The fourth-order valence-electron chi connectivity index (χ4n) is 2.58. The van der Waals surface area contributed by atoms with Crippen molar-refractivity contribution in [2.75, 3.05) is 10.6 Å². The largest absolute Gasteiger partial charge is 0.326 e. The summed E-state index contributed by atoms with van der Waals surface area (Å²) >= 11 is 1.46. The number of hydrogen-bond acceptors (Lipinski definition) is 4. The molecule has 0 atom stereocenters. The van der Waals surface area contributed by atoms with E-state index in [0.29, 0.717) is 0 Å². The van der Waals surface area contributed by atoms with Crippen molar-refractivity contribution in [1.29, 1.82) is 0 Å². The highest BCUT2D eigenvalue weighted by Crippen LogP contribution is 2.24. The lowest BCUT2D eigenvalue weighted by Gasteiger charge is -2.08. The molecule has 28 heavy (non-hydrogen) atoms. The Bertz CT molecular complexity index is 977. The van der Waals surface area contributed by atoms with Gasteiger partial charge in [-0.1, -0.05) is 44.2 Å². The van der Waals surface area contributed by atoms with Gasteiger partial charge in [0.2, 0.25) is 11.8 Å². The first-order chi connectivity index (χ1) is 13.4. The van der Waals surface area contributed by atoms with E-state index in [1.54, 1.807) is 0 Å². The lowest BCUT2D eigenvalue weighted by atomic mass is 10.1. The van der Waals surface area contributed by atoms with Crippen molar-refractivity contribution in [2.45, 2.75) is 27.2 Å². The molecule has 144 valence electrons. The Hall–Kier alpha value is -2.99. The van der Waals surface area contributed by atoms with Gasteiger partial charge in [0.25, 0.3) is 0 Å². The van der Waals surface area contributed by atoms with Crippen molar-refractivity contribution in [3.8, 4) is 11.3 Å². The first kappa shape index (κ1) is 19.8. The van der Waals surface area contributed by atoms with Gasteiger partial charge in [0.15, 0.2) is 0 Å². The van der Waals surface area contributed by atoms with Crippen LogP contribution in [0.3, 0.4) is 0 Å². The lowest BCUT2D eigenvalue weighted by Crippen LogP contribution is -2.17. The van der Waals surface area contributed by atoms with Gasteiger partial charge in [-0.2, -0.15) is 0 Å². The zero-order valence-corrected chi connectivity index (χ0v) is 17.0. The van der Waals surface area contributed by atoms with Gasteiger partial charge in [0.05, 0.1) is 12.1 Å². The molecule has 2 aromatic carbocycles. The number of benzene rings is 2. The molecule has 3 rings (SSSR count). The maximum Gasteiger partial charge on any atom is 0.231 e. The van der Waals surface area contributed by atoms with E-state index >= 15 is 0 Å². The van der Waals surface area contributed by atoms with E-state index in [9.17, 15) is 9.59 Å². The van der Waals surface area contributed by atoms with Crippen molar-refractivity contribution in [3.63, 3.8) is 0 Å². The fraction of sp³-hybridized carbons (Fsp3) is 0.227. The smallest absolute Gasteiger partial charge is 0.231 e. The SMILES string of the molecule is Cc1ccccc1NC(=O)Cc1nc(-c2ccc(NC(=O)C(C)C)cc2)cs1. The van der Waals surface area contributed by atoms with E-state index in [4.69, 9.17) is 0 Å². The summed E-state index contributed by atoms with van der Waals surface area (Å²) in [6.07, 6.45) is 0.238. The molecule has 0 saturated carbocycles. The average molecular weight is 394 g/mol. The summed E-state index contributed by atoms with van der Waals surface area (Å²) < 4.78 is 0. The molecule has 0 unspecified atom stereocenters. The summed E-state index contributed by atoms with van der Waals surface area (Å²) in [4.78, 5) is 28.6. The zero-order valence-electron chi connectivity index (χ0n) is 16.2. The fourth-order valence-corrected chi connectivity index (χ4v) is 3.38. The van der Waals surface area contributed by atoms with Crippen LogP contribution in [0.1, 0.15) is 24.4 Å². The van der Waals surface area contributed by atoms with E-state index in [0.717, 1.165) is 33.2 Å². The van der Waals surface area contributed by atoms with Gasteiger partial charge in [0.1, 0.15) is 5.01 Å². The van der Waals surface area contributed by atoms with Crippen LogP contribution in [0.5, 0.6) is 0 Å². The first-order valence-corrected chi connectivity index (χ1v) is 10.0. The summed E-state index contributed by atoms with van der Waals surface area (Å²) in [5.41, 5.74) is 4.38. The number of rotatable bonds is 6. The topological polar surface area (TPSA) is 71.1 Å². The number of carbonyl (C=O) groups is 2. The van der Waals surface area contributed by atoms with E-state index in [1.807, 2.05) is 74.7 Å². The van der Waals surface area contributed by atoms with Crippen molar-refractivity contribution in [1.82, 2.24) is 4.98 Å². The maximum absolute atomic E-state index is 12.3. The van der Waals surface area contributed by atoms with E-state index < -0.39 is 0 Å². The molecule has 0 saturated heterocycles. The standard InChI is InChI=1S/C22H23N3O2S/c1-14(2)22(27)23-17-10-8-16(9-11-17)19-13-28-21(25-19)12-20(26)24-18-7-5-4-6-15(18)3/h4-11,13-14H,12H2,1-3H3,(H,23,27)(H,24,26). The van der Waals surface area contributed by atoms with Gasteiger partial charge in [-0.15, -0.1) is 11.3 Å². The van der Waals surface area contributed by atoms with Crippen LogP contribution in [0, 0.1) is 12.8 Å². The minimum absolute atomic E-state index is 0.0108. The highest BCUT2D eigenvalue weighted by molar-refractivity contribution is 7.10. The third-order valence-corrected chi connectivity index (χ3v) is 5.10. The molecule has 0 spiro atoms. The highest BCUT2D eigenvalue weighted by atomic mass is 32.1. The predicted molar refractivity (Wildman–Crippen MR) is 115 cm³/mol. The molecule has 0 aliphatic rings. The highest BCUT2D eigenvalue weighted by Gasteiger charge is 2.11. The third kappa shape index (κ3) is 5.04. The van der Waals surface area contributed by atoms with Crippen molar-refractivity contribution >= 4 is 34.5 Å². The van der Waals surface area contributed by atoms with Crippen LogP contribution in [0.15, 0.2) is 53.9 Å². The predicted octanol–water partition coefficient (Wildman–Crippen LogP) is 4.89. The van der Waals surface area contributed by atoms with Crippen LogP contribution in [-0.4, -0.2) is 16.8 Å². The second-order valence-electron chi connectivity index (χ2n) is 6.89. The molecule has 2 amide bonds. The Labute approximate surface area is 168 Å². The Morgan fingerprint density at radius 3 is 2.43 bits per heavy atom. The minimum Gasteiger partial charge on any atom is -0.326 e. The molecule has 3 aromatic rings. The van der Waals surface area contributed by atoms with Crippen molar-refractivity contribution in [2.24, 2.45) is 5.92 Å². The number of aromatic nitrogens is 1. The van der Waals surface area contributed by atoms with E-state index in [1.165, 1.54) is 11.3 Å². The maximum atomic E-state index is 12.3. The Kier molecular flexibility index (Phi) is 6.21. The number of amides is 2. The summed E-state index contributed by atoms with van der Waals surface area (Å²) in [5, 5.41) is 8.50. The second-order valence-corrected chi connectivity index (χ2v) is 7.83. The molecule has 0 aliphatic heterocycles. The van der Waals surface area contributed by atoms with E-state index in [-0.39, 0.29) is 24.2 Å². The molecule has 2 N–H and O–H groups in total. The quantitative estimate of drug-likeness (QED) is 0.626. The molecule has 6 heteroatoms. The molecule has 5 nitrogen and oxygen atoms in total. The Balaban J connectivity index is 1.63. The first-order valence-electron chi connectivity index (χ1n) is 9.13. The zero-order chi connectivity index (χ0) is 20.1. The Morgan fingerprint density at radius 2 is 1.75 bits per heavy atom. The van der Waals surface area contributed by atoms with Gasteiger partial charge in [-0.25, -0.2) is 4.98 Å². The number of aryl methyl sites for hydroxylation is 1. The molecule has 1 heterocycles. The number of thiazole rings is 1. The molecule has 0 bridgehead atoms. The monoisotopic (exact) mass is 393 g/mol.